The lowest BCUT2D eigenvalue weighted by atomic mass is 10.0. The van der Waals surface area contributed by atoms with Gasteiger partial charge in [0.05, 0.1) is 0 Å². The molecule has 0 saturated carbocycles. The Morgan fingerprint density at radius 1 is 1.19 bits per heavy atom. The van der Waals surface area contributed by atoms with Gasteiger partial charge in [-0.25, -0.2) is 9.97 Å². The monoisotopic (exact) mass is 330 g/mol. The van der Waals surface area contributed by atoms with Crippen LogP contribution in [0.5, 0.6) is 0 Å². The van der Waals surface area contributed by atoms with Gasteiger partial charge < -0.3 is 10.6 Å². The van der Waals surface area contributed by atoms with Gasteiger partial charge >= 0.3 is 0 Å². The zero-order valence-corrected chi connectivity index (χ0v) is 11.1. The standard InChI is InChI=1S/C11H15IN4/c12-7-5-13-11(14-6-7)16-10-3-8-1-2-9(4-10)15-8/h5-6,8-10,15H,1-4H2,(H,13,14,16). The van der Waals surface area contributed by atoms with Crippen molar-refractivity contribution in [2.45, 2.75) is 43.8 Å². The maximum atomic E-state index is 4.29. The van der Waals surface area contributed by atoms with Gasteiger partial charge in [0.2, 0.25) is 5.95 Å². The molecule has 0 radical (unpaired) electrons. The minimum absolute atomic E-state index is 0.541. The smallest absolute Gasteiger partial charge is 0.222 e. The van der Waals surface area contributed by atoms with Crippen molar-refractivity contribution in [3.05, 3.63) is 16.0 Å². The molecule has 0 spiro atoms. The number of hydrogen-bond donors (Lipinski definition) is 2. The topological polar surface area (TPSA) is 49.8 Å². The minimum atomic E-state index is 0.541. The van der Waals surface area contributed by atoms with Crippen LogP contribution in [0, 0.1) is 3.57 Å². The summed E-state index contributed by atoms with van der Waals surface area (Å²) in [5.74, 6) is 0.770. The molecule has 2 N–H and O–H groups in total. The lowest BCUT2D eigenvalue weighted by Gasteiger charge is -2.29. The third-order valence-electron chi connectivity index (χ3n) is 3.43. The molecule has 3 heterocycles. The van der Waals surface area contributed by atoms with Crippen molar-refractivity contribution < 1.29 is 0 Å². The van der Waals surface area contributed by atoms with Crippen molar-refractivity contribution in [3.63, 3.8) is 0 Å². The van der Waals surface area contributed by atoms with Gasteiger partial charge in [-0.1, -0.05) is 0 Å². The SMILES string of the molecule is Ic1cnc(NC2CC3CCC(C2)N3)nc1. The lowest BCUT2D eigenvalue weighted by molar-refractivity contribution is 0.377. The molecule has 2 saturated heterocycles. The quantitative estimate of drug-likeness (QED) is 0.812. The third-order valence-corrected chi connectivity index (χ3v) is 3.98. The molecule has 2 fully saturated rings. The normalized spacial score (nSPS) is 32.7. The number of halogens is 1. The number of nitrogens with one attached hydrogen (secondary N) is 2. The molecule has 3 rings (SSSR count). The second-order valence-electron chi connectivity index (χ2n) is 4.68. The fourth-order valence-corrected chi connectivity index (χ4v) is 3.02. The summed E-state index contributed by atoms with van der Waals surface area (Å²) in [5.41, 5.74) is 0. The van der Waals surface area contributed by atoms with Crippen molar-refractivity contribution in [2.75, 3.05) is 5.32 Å². The summed E-state index contributed by atoms with van der Waals surface area (Å²) >= 11 is 2.22. The third kappa shape index (κ3) is 2.29. The Balaban J connectivity index is 1.64. The van der Waals surface area contributed by atoms with Crippen LogP contribution in [0.25, 0.3) is 0 Å². The fourth-order valence-electron chi connectivity index (χ4n) is 2.74. The van der Waals surface area contributed by atoms with Crippen LogP contribution >= 0.6 is 22.6 Å². The zero-order valence-electron chi connectivity index (χ0n) is 8.99. The molecular weight excluding hydrogens is 315 g/mol. The number of nitrogens with zero attached hydrogens (tertiary/aromatic N) is 2. The van der Waals surface area contributed by atoms with Gasteiger partial charge in [-0.15, -0.1) is 0 Å². The van der Waals surface area contributed by atoms with E-state index in [1.54, 1.807) is 0 Å². The molecule has 1 aromatic rings. The van der Waals surface area contributed by atoms with E-state index >= 15 is 0 Å². The molecule has 0 amide bonds. The fraction of sp³-hybridized carbons (Fsp3) is 0.636. The van der Waals surface area contributed by atoms with Crippen LogP contribution in [0.15, 0.2) is 12.4 Å². The van der Waals surface area contributed by atoms with Crippen LogP contribution in [0.4, 0.5) is 5.95 Å². The first-order valence-electron chi connectivity index (χ1n) is 5.80. The van der Waals surface area contributed by atoms with Crippen molar-refractivity contribution in [3.8, 4) is 0 Å². The molecule has 5 heteroatoms. The molecule has 16 heavy (non-hydrogen) atoms. The van der Waals surface area contributed by atoms with Gasteiger partial charge in [-0.05, 0) is 48.3 Å². The van der Waals surface area contributed by atoms with Crippen LogP contribution < -0.4 is 10.6 Å². The van der Waals surface area contributed by atoms with E-state index in [0.717, 1.165) is 9.52 Å². The minimum Gasteiger partial charge on any atom is -0.351 e. The number of rotatable bonds is 2. The van der Waals surface area contributed by atoms with Crippen LogP contribution in [0.2, 0.25) is 0 Å². The van der Waals surface area contributed by atoms with E-state index < -0.39 is 0 Å². The number of piperidine rings is 1. The summed E-state index contributed by atoms with van der Waals surface area (Å²) in [5, 5.41) is 7.08. The maximum absolute atomic E-state index is 4.29. The molecule has 2 atom stereocenters. The van der Waals surface area contributed by atoms with Gasteiger partial charge in [0.25, 0.3) is 0 Å². The van der Waals surface area contributed by atoms with Crippen LogP contribution in [0.1, 0.15) is 25.7 Å². The van der Waals surface area contributed by atoms with E-state index in [-0.39, 0.29) is 0 Å². The van der Waals surface area contributed by atoms with Gasteiger partial charge in [-0.3, -0.25) is 0 Å². The van der Waals surface area contributed by atoms with E-state index in [2.05, 4.69) is 43.2 Å². The van der Waals surface area contributed by atoms with E-state index in [0.29, 0.717) is 18.1 Å². The first-order valence-corrected chi connectivity index (χ1v) is 6.87. The lowest BCUT2D eigenvalue weighted by Crippen LogP contribution is -2.43. The van der Waals surface area contributed by atoms with Crippen LogP contribution in [0.3, 0.4) is 0 Å². The molecule has 4 nitrogen and oxygen atoms in total. The second kappa shape index (κ2) is 4.44. The van der Waals surface area contributed by atoms with Gasteiger partial charge in [0.15, 0.2) is 0 Å². The Morgan fingerprint density at radius 3 is 2.44 bits per heavy atom. The summed E-state index contributed by atoms with van der Waals surface area (Å²) in [4.78, 5) is 8.59. The predicted octanol–water partition coefficient (Wildman–Crippen LogP) is 1.78. The average Bonchev–Trinajstić information content (AvgIpc) is 2.62. The maximum Gasteiger partial charge on any atom is 0.222 e. The average molecular weight is 330 g/mol. The van der Waals surface area contributed by atoms with E-state index in [1.807, 2.05) is 12.4 Å². The summed E-state index contributed by atoms with van der Waals surface area (Å²) < 4.78 is 1.08. The molecule has 0 aliphatic carbocycles. The van der Waals surface area contributed by atoms with Gasteiger partial charge in [0.1, 0.15) is 0 Å². The molecule has 1 aromatic heterocycles. The predicted molar refractivity (Wildman–Crippen MR) is 71.3 cm³/mol. The summed E-state index contributed by atoms with van der Waals surface area (Å²) in [6.07, 6.45) is 8.77. The number of aromatic nitrogens is 2. The van der Waals surface area contributed by atoms with Gasteiger partial charge in [-0.2, -0.15) is 0 Å². The highest BCUT2D eigenvalue weighted by molar-refractivity contribution is 14.1. The largest absolute Gasteiger partial charge is 0.351 e. The summed E-state index contributed by atoms with van der Waals surface area (Å²) in [6.45, 7) is 0. The Kier molecular flexibility index (Phi) is 2.97. The van der Waals surface area contributed by atoms with Crippen LogP contribution in [-0.4, -0.2) is 28.1 Å². The number of fused-ring (bicyclic) bond motifs is 2. The summed E-state index contributed by atoms with van der Waals surface area (Å²) in [6, 6.07) is 1.96. The summed E-state index contributed by atoms with van der Waals surface area (Å²) in [7, 11) is 0. The first kappa shape index (κ1) is 10.7. The van der Waals surface area contributed by atoms with Crippen molar-refractivity contribution in [1.29, 1.82) is 0 Å². The molecule has 2 bridgehead atoms. The molecule has 86 valence electrons. The molecule has 2 unspecified atom stereocenters. The highest BCUT2D eigenvalue weighted by Crippen LogP contribution is 2.28. The Morgan fingerprint density at radius 2 is 1.81 bits per heavy atom. The molecule has 0 aromatic carbocycles. The zero-order chi connectivity index (χ0) is 11.0. The van der Waals surface area contributed by atoms with Crippen LogP contribution in [-0.2, 0) is 0 Å². The highest BCUT2D eigenvalue weighted by atomic mass is 127. The first-order chi connectivity index (χ1) is 7.79. The number of hydrogen-bond acceptors (Lipinski definition) is 4. The molecule has 2 aliphatic heterocycles. The number of anilines is 1. The highest BCUT2D eigenvalue weighted by Gasteiger charge is 2.33. The molecule has 2 aliphatic rings. The Hall–Kier alpha value is -0.430. The van der Waals surface area contributed by atoms with E-state index in [9.17, 15) is 0 Å². The van der Waals surface area contributed by atoms with E-state index in [4.69, 9.17) is 0 Å². The second-order valence-corrected chi connectivity index (χ2v) is 5.92. The van der Waals surface area contributed by atoms with Crippen molar-refractivity contribution in [2.24, 2.45) is 0 Å². The van der Waals surface area contributed by atoms with Crippen molar-refractivity contribution in [1.82, 2.24) is 15.3 Å². The van der Waals surface area contributed by atoms with Crippen molar-refractivity contribution >= 4 is 28.5 Å². The Bertz CT molecular complexity index is 355. The van der Waals surface area contributed by atoms with Gasteiger partial charge in [0, 0.05) is 34.1 Å². The Labute approximate surface area is 109 Å². The van der Waals surface area contributed by atoms with E-state index in [1.165, 1.54) is 25.7 Å². The molecular formula is C11H15IN4.